The molecule has 2 aliphatic rings. The summed E-state index contributed by atoms with van der Waals surface area (Å²) in [6, 6.07) is 0. The van der Waals surface area contributed by atoms with Gasteiger partial charge in [-0.2, -0.15) is 0 Å². The maximum Gasteiger partial charge on any atom is 0.0711 e. The van der Waals surface area contributed by atoms with E-state index in [1.807, 2.05) is 0 Å². The van der Waals surface area contributed by atoms with E-state index in [4.69, 9.17) is 0 Å². The quantitative estimate of drug-likeness (QED) is 0.534. The third-order valence-electron chi connectivity index (χ3n) is 3.12. The normalized spacial score (nSPS) is 30.8. The van der Waals surface area contributed by atoms with Crippen molar-refractivity contribution in [3.8, 4) is 0 Å². The maximum atomic E-state index is 3.62. The molecule has 2 saturated heterocycles. The van der Waals surface area contributed by atoms with E-state index in [0.29, 0.717) is 5.66 Å². The summed E-state index contributed by atoms with van der Waals surface area (Å²) in [5.74, 6) is 0. The van der Waals surface area contributed by atoms with E-state index in [1.54, 1.807) is 0 Å². The van der Waals surface area contributed by atoms with E-state index in [2.05, 4.69) is 22.6 Å². The Labute approximate surface area is 74.5 Å². The van der Waals surface area contributed by atoms with Crippen LogP contribution >= 0.6 is 0 Å². The summed E-state index contributed by atoms with van der Waals surface area (Å²) in [6.45, 7) is 4.83. The zero-order chi connectivity index (χ0) is 8.44. The first kappa shape index (κ1) is 8.48. The minimum atomic E-state index is 0.296. The Bertz CT molecular complexity index is 142. The number of nitrogens with one attached hydrogen (secondary N) is 2. The molecule has 3 heteroatoms. The second-order valence-corrected chi connectivity index (χ2v) is 4.09. The molecule has 1 spiro atoms. The molecule has 3 nitrogen and oxygen atoms in total. The molecule has 0 unspecified atom stereocenters. The lowest BCUT2D eigenvalue weighted by Gasteiger charge is -2.44. The van der Waals surface area contributed by atoms with Crippen LogP contribution in [-0.2, 0) is 0 Å². The van der Waals surface area contributed by atoms with Gasteiger partial charge in [-0.25, -0.2) is 0 Å². The van der Waals surface area contributed by atoms with Crippen molar-refractivity contribution >= 4 is 0 Å². The predicted octanol–water partition coefficient (Wildman–Crippen LogP) is -0.00880. The summed E-state index contributed by atoms with van der Waals surface area (Å²) < 4.78 is 0. The molecule has 2 N–H and O–H groups in total. The molecule has 0 aromatic heterocycles. The number of hydrogen-bond acceptors (Lipinski definition) is 3. The van der Waals surface area contributed by atoms with Crippen LogP contribution in [0.3, 0.4) is 0 Å². The van der Waals surface area contributed by atoms with Crippen LogP contribution in [0.5, 0.6) is 0 Å². The molecule has 0 aliphatic carbocycles. The molecule has 0 radical (unpaired) electrons. The number of likely N-dealkylation sites (tertiary alicyclic amines) is 1. The molecule has 2 heterocycles. The van der Waals surface area contributed by atoms with Crippen molar-refractivity contribution in [2.75, 3.05) is 33.2 Å². The SMILES string of the molecule is CN1CCC2(CC1)NCCCN2. The first-order valence-corrected chi connectivity index (χ1v) is 4.99. The highest BCUT2D eigenvalue weighted by Crippen LogP contribution is 2.20. The van der Waals surface area contributed by atoms with Gasteiger partial charge in [0.05, 0.1) is 5.66 Å². The summed E-state index contributed by atoms with van der Waals surface area (Å²) in [4.78, 5) is 2.41. The molecule has 70 valence electrons. The van der Waals surface area contributed by atoms with Crippen LogP contribution in [0.4, 0.5) is 0 Å². The van der Waals surface area contributed by atoms with E-state index in [-0.39, 0.29) is 0 Å². The second kappa shape index (κ2) is 3.32. The minimum absolute atomic E-state index is 0.296. The highest BCUT2D eigenvalue weighted by molar-refractivity contribution is 4.92. The highest BCUT2D eigenvalue weighted by atomic mass is 15.2. The average molecular weight is 169 g/mol. The zero-order valence-electron chi connectivity index (χ0n) is 7.90. The summed E-state index contributed by atoms with van der Waals surface area (Å²) >= 11 is 0. The molecule has 0 saturated carbocycles. The van der Waals surface area contributed by atoms with Crippen molar-refractivity contribution in [2.24, 2.45) is 0 Å². The lowest BCUT2D eigenvalue weighted by molar-refractivity contribution is 0.109. The van der Waals surface area contributed by atoms with Crippen molar-refractivity contribution in [1.29, 1.82) is 0 Å². The van der Waals surface area contributed by atoms with Gasteiger partial charge in [0.15, 0.2) is 0 Å². The Kier molecular flexibility index (Phi) is 2.35. The summed E-state index contributed by atoms with van der Waals surface area (Å²) in [5, 5.41) is 7.23. The Morgan fingerprint density at radius 2 is 1.67 bits per heavy atom. The number of nitrogens with zero attached hydrogens (tertiary/aromatic N) is 1. The number of hydrogen-bond donors (Lipinski definition) is 2. The smallest absolute Gasteiger partial charge is 0.0711 e. The van der Waals surface area contributed by atoms with Crippen molar-refractivity contribution in [1.82, 2.24) is 15.5 Å². The summed E-state index contributed by atoms with van der Waals surface area (Å²) in [7, 11) is 2.20. The Balaban J connectivity index is 1.92. The topological polar surface area (TPSA) is 27.3 Å². The van der Waals surface area contributed by atoms with Gasteiger partial charge in [-0.1, -0.05) is 0 Å². The van der Waals surface area contributed by atoms with Gasteiger partial charge >= 0.3 is 0 Å². The van der Waals surface area contributed by atoms with Crippen LogP contribution in [-0.4, -0.2) is 43.8 Å². The third-order valence-corrected chi connectivity index (χ3v) is 3.12. The van der Waals surface area contributed by atoms with Crippen LogP contribution in [0.1, 0.15) is 19.3 Å². The summed E-state index contributed by atoms with van der Waals surface area (Å²) in [5.41, 5.74) is 0.296. The van der Waals surface area contributed by atoms with Crippen molar-refractivity contribution in [3.63, 3.8) is 0 Å². The lowest BCUT2D eigenvalue weighted by Crippen LogP contribution is -2.64. The van der Waals surface area contributed by atoms with Crippen LogP contribution in [0.25, 0.3) is 0 Å². The predicted molar refractivity (Wildman–Crippen MR) is 50.1 cm³/mol. The fourth-order valence-corrected chi connectivity index (χ4v) is 2.16. The molecule has 0 atom stereocenters. The fraction of sp³-hybridized carbons (Fsp3) is 1.00. The van der Waals surface area contributed by atoms with Gasteiger partial charge in [-0.3, -0.25) is 10.6 Å². The molecule has 12 heavy (non-hydrogen) atoms. The molecule has 2 aliphatic heterocycles. The monoisotopic (exact) mass is 169 g/mol. The Hall–Kier alpha value is -0.120. The Morgan fingerprint density at radius 1 is 1.08 bits per heavy atom. The first-order valence-electron chi connectivity index (χ1n) is 4.99. The highest BCUT2D eigenvalue weighted by Gasteiger charge is 2.33. The molecule has 0 bridgehead atoms. The molecule has 0 amide bonds. The molecule has 2 fully saturated rings. The maximum absolute atomic E-state index is 3.62. The van der Waals surface area contributed by atoms with Gasteiger partial charge in [0.1, 0.15) is 0 Å². The molecule has 0 aromatic carbocycles. The average Bonchev–Trinajstić information content (AvgIpc) is 2.13. The molecule has 2 rings (SSSR count). The van der Waals surface area contributed by atoms with Crippen LogP contribution in [0, 0.1) is 0 Å². The van der Waals surface area contributed by atoms with Gasteiger partial charge in [0.25, 0.3) is 0 Å². The second-order valence-electron chi connectivity index (χ2n) is 4.09. The Morgan fingerprint density at radius 3 is 2.25 bits per heavy atom. The van der Waals surface area contributed by atoms with Gasteiger partial charge < -0.3 is 4.90 Å². The van der Waals surface area contributed by atoms with E-state index in [1.165, 1.54) is 45.4 Å². The van der Waals surface area contributed by atoms with Gasteiger partial charge in [0, 0.05) is 13.1 Å². The molecule has 0 aromatic rings. The fourth-order valence-electron chi connectivity index (χ4n) is 2.16. The van der Waals surface area contributed by atoms with Crippen LogP contribution in [0.15, 0.2) is 0 Å². The van der Waals surface area contributed by atoms with Crippen LogP contribution in [0.2, 0.25) is 0 Å². The van der Waals surface area contributed by atoms with Crippen molar-refractivity contribution in [3.05, 3.63) is 0 Å². The molecular formula is C9H19N3. The van der Waals surface area contributed by atoms with Gasteiger partial charge in [-0.15, -0.1) is 0 Å². The van der Waals surface area contributed by atoms with Gasteiger partial charge in [-0.05, 0) is 39.4 Å². The van der Waals surface area contributed by atoms with E-state index < -0.39 is 0 Å². The molecular weight excluding hydrogens is 150 g/mol. The van der Waals surface area contributed by atoms with E-state index >= 15 is 0 Å². The number of rotatable bonds is 0. The summed E-state index contributed by atoms with van der Waals surface area (Å²) in [6.07, 6.45) is 3.78. The standard InChI is InChI=1S/C9H19N3/c1-12-7-3-9(4-8-12)10-5-2-6-11-9/h10-11H,2-8H2,1H3. The zero-order valence-corrected chi connectivity index (χ0v) is 7.90. The first-order chi connectivity index (χ1) is 5.81. The van der Waals surface area contributed by atoms with Crippen molar-refractivity contribution < 1.29 is 0 Å². The van der Waals surface area contributed by atoms with Crippen LogP contribution < -0.4 is 10.6 Å². The van der Waals surface area contributed by atoms with Crippen molar-refractivity contribution in [2.45, 2.75) is 24.9 Å². The largest absolute Gasteiger partial charge is 0.306 e. The van der Waals surface area contributed by atoms with Gasteiger partial charge in [0.2, 0.25) is 0 Å². The lowest BCUT2D eigenvalue weighted by atomic mass is 9.95. The van der Waals surface area contributed by atoms with E-state index in [0.717, 1.165) is 0 Å². The third kappa shape index (κ3) is 1.63. The number of piperidine rings is 1. The van der Waals surface area contributed by atoms with E-state index in [9.17, 15) is 0 Å². The minimum Gasteiger partial charge on any atom is -0.306 e.